The van der Waals surface area contributed by atoms with Crippen LogP contribution in [0.2, 0.25) is 0 Å². The summed E-state index contributed by atoms with van der Waals surface area (Å²) in [5.74, 6) is -0.0342. The molecular weight excluding hydrogens is 280 g/mol. The van der Waals surface area contributed by atoms with E-state index in [2.05, 4.69) is 31.4 Å². The zero-order valence-corrected chi connectivity index (χ0v) is 11.2. The van der Waals surface area contributed by atoms with Gasteiger partial charge in [0, 0.05) is 20.6 Å². The highest BCUT2D eigenvalue weighted by atomic mass is 79.9. The Labute approximate surface area is 101 Å². The molecule has 1 rings (SSSR count). The maximum absolute atomic E-state index is 11.3. The van der Waals surface area contributed by atoms with Crippen molar-refractivity contribution in [2.75, 3.05) is 25.5 Å². The second-order valence-corrected chi connectivity index (χ2v) is 5.47. The maximum atomic E-state index is 11.3. The largest absolute Gasteiger partial charge is 0.359 e. The fraction of sp³-hybridized carbons (Fsp3) is 0.625. The van der Waals surface area contributed by atoms with Crippen molar-refractivity contribution in [3.63, 3.8) is 0 Å². The molecule has 1 aromatic heterocycles. The van der Waals surface area contributed by atoms with E-state index in [-0.39, 0.29) is 11.8 Å². The molecule has 84 valence electrons. The summed E-state index contributed by atoms with van der Waals surface area (Å²) >= 11 is 4.69. The van der Waals surface area contributed by atoms with Crippen LogP contribution in [0.1, 0.15) is 6.92 Å². The summed E-state index contributed by atoms with van der Waals surface area (Å²) < 4.78 is 0.747. The molecule has 5 nitrogen and oxygen atoms in total. The Morgan fingerprint density at radius 2 is 2.33 bits per heavy atom. The number of nitrogens with zero attached hydrogens (tertiary/aromatic N) is 3. The highest BCUT2D eigenvalue weighted by molar-refractivity contribution is 9.11. The maximum Gasteiger partial charge on any atom is 0.224 e. The Morgan fingerprint density at radius 1 is 1.67 bits per heavy atom. The van der Waals surface area contributed by atoms with Gasteiger partial charge in [0.05, 0.1) is 5.92 Å². The molecule has 1 heterocycles. The van der Waals surface area contributed by atoms with Gasteiger partial charge >= 0.3 is 0 Å². The lowest BCUT2D eigenvalue weighted by molar-refractivity contribution is -0.123. The molecule has 1 aromatic rings. The fourth-order valence-corrected chi connectivity index (χ4v) is 2.23. The molecule has 15 heavy (non-hydrogen) atoms. The Kier molecular flexibility index (Phi) is 4.46. The number of hydrogen-bond donors (Lipinski definition) is 1. The number of aromatic nitrogens is 2. The summed E-state index contributed by atoms with van der Waals surface area (Å²) in [6, 6.07) is 0. The quantitative estimate of drug-likeness (QED) is 0.904. The summed E-state index contributed by atoms with van der Waals surface area (Å²) in [5, 5.41) is 11.2. The van der Waals surface area contributed by atoms with Crippen molar-refractivity contribution in [3.8, 4) is 0 Å². The van der Waals surface area contributed by atoms with Gasteiger partial charge in [0.1, 0.15) is 0 Å². The van der Waals surface area contributed by atoms with Crippen LogP contribution in [0.25, 0.3) is 0 Å². The average Bonchev–Trinajstić information content (AvgIpc) is 2.63. The highest BCUT2D eigenvalue weighted by Crippen LogP contribution is 2.23. The van der Waals surface area contributed by atoms with Crippen molar-refractivity contribution >= 4 is 38.3 Å². The molecule has 0 aliphatic rings. The number of hydrogen-bond acceptors (Lipinski definition) is 5. The van der Waals surface area contributed by atoms with Crippen molar-refractivity contribution in [2.45, 2.75) is 6.92 Å². The number of carbonyl (C=O) groups is 1. The van der Waals surface area contributed by atoms with Crippen molar-refractivity contribution < 1.29 is 4.79 Å². The van der Waals surface area contributed by atoms with Crippen LogP contribution < -0.4 is 10.2 Å². The third kappa shape index (κ3) is 3.42. The molecular formula is C8H13BrN4OS. The first-order valence-electron chi connectivity index (χ1n) is 4.46. The van der Waals surface area contributed by atoms with Gasteiger partial charge in [-0.25, -0.2) is 0 Å². The van der Waals surface area contributed by atoms with E-state index in [1.807, 2.05) is 18.9 Å². The zero-order chi connectivity index (χ0) is 11.4. The van der Waals surface area contributed by atoms with Crippen LogP contribution in [0.4, 0.5) is 5.13 Å². The lowest BCUT2D eigenvalue weighted by Gasteiger charge is -2.18. The molecule has 0 saturated heterocycles. The van der Waals surface area contributed by atoms with E-state index in [0.717, 1.165) is 9.05 Å². The minimum absolute atomic E-state index is 0.0328. The fourth-order valence-electron chi connectivity index (χ4n) is 1.17. The number of rotatable bonds is 4. The predicted octanol–water partition coefficient (Wildman–Crippen LogP) is 1.12. The molecule has 0 radical (unpaired) electrons. The van der Waals surface area contributed by atoms with Crippen LogP contribution >= 0.6 is 27.3 Å². The van der Waals surface area contributed by atoms with Crippen LogP contribution in [0, 0.1) is 5.92 Å². The minimum atomic E-state index is -0.0670. The summed E-state index contributed by atoms with van der Waals surface area (Å²) in [5.41, 5.74) is 0. The van der Waals surface area contributed by atoms with Crippen molar-refractivity contribution in [1.29, 1.82) is 0 Å². The van der Waals surface area contributed by atoms with E-state index >= 15 is 0 Å². The second kappa shape index (κ2) is 5.41. The summed E-state index contributed by atoms with van der Waals surface area (Å²) in [4.78, 5) is 13.2. The van der Waals surface area contributed by atoms with Gasteiger partial charge in [0.25, 0.3) is 0 Å². The first kappa shape index (κ1) is 12.4. The number of carbonyl (C=O) groups excluding carboxylic acids is 1. The minimum Gasteiger partial charge on any atom is -0.359 e. The van der Waals surface area contributed by atoms with Gasteiger partial charge in [0.15, 0.2) is 3.92 Å². The van der Waals surface area contributed by atoms with Crippen LogP contribution in [0.3, 0.4) is 0 Å². The third-order valence-electron chi connectivity index (χ3n) is 1.96. The van der Waals surface area contributed by atoms with E-state index in [9.17, 15) is 4.79 Å². The standard InChI is InChI=1S/C8H13BrN4OS/c1-5(6(14)10-2)4-13(3)8-12-11-7(9)15-8/h5H,4H2,1-3H3,(H,10,14). The van der Waals surface area contributed by atoms with E-state index in [4.69, 9.17) is 0 Å². The molecule has 1 atom stereocenters. The summed E-state index contributed by atoms with van der Waals surface area (Å²) in [6.07, 6.45) is 0. The number of amides is 1. The Hall–Kier alpha value is -0.690. The first-order valence-corrected chi connectivity index (χ1v) is 6.07. The smallest absolute Gasteiger partial charge is 0.224 e. The lowest BCUT2D eigenvalue weighted by Crippen LogP contribution is -2.34. The van der Waals surface area contributed by atoms with Gasteiger partial charge in [-0.1, -0.05) is 18.3 Å². The molecule has 0 aliphatic carbocycles. The lowest BCUT2D eigenvalue weighted by atomic mass is 10.1. The number of anilines is 1. The molecule has 1 N–H and O–H groups in total. The normalized spacial score (nSPS) is 12.3. The summed E-state index contributed by atoms with van der Waals surface area (Å²) in [7, 11) is 3.53. The van der Waals surface area contributed by atoms with Crippen LogP contribution in [0.5, 0.6) is 0 Å². The molecule has 0 saturated carbocycles. The van der Waals surface area contributed by atoms with Crippen LogP contribution in [0.15, 0.2) is 3.92 Å². The Balaban J connectivity index is 2.55. The predicted molar refractivity (Wildman–Crippen MR) is 64.1 cm³/mol. The van der Waals surface area contributed by atoms with E-state index in [1.165, 1.54) is 11.3 Å². The summed E-state index contributed by atoms with van der Waals surface area (Å²) in [6.45, 7) is 2.51. The van der Waals surface area contributed by atoms with Crippen molar-refractivity contribution in [1.82, 2.24) is 15.5 Å². The molecule has 0 bridgehead atoms. The third-order valence-corrected chi connectivity index (χ3v) is 3.43. The van der Waals surface area contributed by atoms with E-state index < -0.39 is 0 Å². The van der Waals surface area contributed by atoms with Gasteiger partial charge < -0.3 is 10.2 Å². The zero-order valence-electron chi connectivity index (χ0n) is 8.82. The van der Waals surface area contributed by atoms with Gasteiger partial charge in [-0.2, -0.15) is 0 Å². The van der Waals surface area contributed by atoms with Gasteiger partial charge in [-0.3, -0.25) is 4.79 Å². The molecule has 0 fully saturated rings. The molecule has 7 heteroatoms. The van der Waals surface area contributed by atoms with Gasteiger partial charge in [0.2, 0.25) is 11.0 Å². The van der Waals surface area contributed by atoms with Crippen molar-refractivity contribution in [3.05, 3.63) is 3.92 Å². The molecule has 0 spiro atoms. The SMILES string of the molecule is CNC(=O)C(C)CN(C)c1nnc(Br)s1. The Bertz CT molecular complexity index is 343. The van der Waals surface area contributed by atoms with E-state index in [1.54, 1.807) is 7.05 Å². The van der Waals surface area contributed by atoms with Crippen LogP contribution in [-0.2, 0) is 4.79 Å². The molecule has 1 amide bonds. The van der Waals surface area contributed by atoms with Gasteiger partial charge in [-0.05, 0) is 15.9 Å². The molecule has 1 unspecified atom stereocenters. The van der Waals surface area contributed by atoms with Crippen molar-refractivity contribution in [2.24, 2.45) is 5.92 Å². The number of nitrogens with one attached hydrogen (secondary N) is 1. The second-order valence-electron chi connectivity index (χ2n) is 3.23. The van der Waals surface area contributed by atoms with Gasteiger partial charge in [-0.15, -0.1) is 10.2 Å². The monoisotopic (exact) mass is 292 g/mol. The van der Waals surface area contributed by atoms with E-state index in [0.29, 0.717) is 6.54 Å². The van der Waals surface area contributed by atoms with Crippen LogP contribution in [-0.4, -0.2) is 36.7 Å². The topological polar surface area (TPSA) is 58.1 Å². The Morgan fingerprint density at radius 3 is 2.80 bits per heavy atom. The number of halogens is 1. The highest BCUT2D eigenvalue weighted by Gasteiger charge is 2.15. The average molecular weight is 293 g/mol. The molecule has 0 aromatic carbocycles. The first-order chi connectivity index (χ1) is 7.04. The molecule has 0 aliphatic heterocycles.